The first-order valence-corrected chi connectivity index (χ1v) is 5.01. The lowest BCUT2D eigenvalue weighted by Gasteiger charge is -2.24. The van der Waals surface area contributed by atoms with Crippen LogP contribution in [-0.2, 0) is 4.79 Å². The van der Waals surface area contributed by atoms with Crippen molar-refractivity contribution in [2.45, 2.75) is 32.6 Å². The molecule has 0 amide bonds. The summed E-state index contributed by atoms with van der Waals surface area (Å²) < 4.78 is 0. The van der Waals surface area contributed by atoms with Gasteiger partial charge in [-0.05, 0) is 30.9 Å². The lowest BCUT2D eigenvalue weighted by molar-refractivity contribution is -0.125. The quantitative estimate of drug-likeness (QED) is 0.632. The molecular weight excluding hydrogens is 156 g/mol. The monoisotopic (exact) mass is 172 g/mol. The number of Topliss-reactive ketones (excluding diaryl/α,β-unsaturated/α-hetero) is 1. The predicted molar refractivity (Wildman–Crippen MR) is 50.0 cm³/mol. The molecule has 1 unspecified atom stereocenters. The van der Waals surface area contributed by atoms with Crippen LogP contribution in [0, 0.1) is 11.8 Å². The lowest BCUT2D eigenvalue weighted by atomic mass is 9.81. The summed E-state index contributed by atoms with van der Waals surface area (Å²) in [6.07, 6.45) is 4.11. The summed E-state index contributed by atoms with van der Waals surface area (Å²) in [6, 6.07) is 0. The molecule has 0 N–H and O–H groups in total. The summed E-state index contributed by atoms with van der Waals surface area (Å²) in [5, 5.41) is 0. The van der Waals surface area contributed by atoms with Gasteiger partial charge in [-0.25, -0.2) is 0 Å². The molecule has 1 nitrogen and oxygen atoms in total. The van der Waals surface area contributed by atoms with E-state index in [1.165, 1.54) is 6.42 Å². The molecule has 1 aliphatic carbocycles. The fourth-order valence-corrected chi connectivity index (χ4v) is 2.03. The Balaban J connectivity index is 2.38. The first-order chi connectivity index (χ1) is 5.24. The molecule has 1 fully saturated rings. The van der Waals surface area contributed by atoms with Crippen molar-refractivity contribution in [1.29, 1.82) is 0 Å². The fraction of sp³-hybridized carbons (Fsp3) is 0.889. The van der Waals surface area contributed by atoms with Crippen molar-refractivity contribution in [3.05, 3.63) is 0 Å². The van der Waals surface area contributed by atoms with Gasteiger partial charge in [0.05, 0.1) is 0 Å². The number of ketones is 1. The van der Waals surface area contributed by atoms with Gasteiger partial charge in [0, 0.05) is 12.3 Å². The Morgan fingerprint density at radius 1 is 1.55 bits per heavy atom. The van der Waals surface area contributed by atoms with Gasteiger partial charge < -0.3 is 0 Å². The van der Waals surface area contributed by atoms with E-state index in [0.29, 0.717) is 17.6 Å². The minimum Gasteiger partial charge on any atom is -0.299 e. The molecule has 0 radical (unpaired) electrons. The summed E-state index contributed by atoms with van der Waals surface area (Å²) in [5.41, 5.74) is 0. The van der Waals surface area contributed by atoms with Crippen LogP contribution in [-0.4, -0.2) is 11.5 Å². The zero-order valence-electron chi connectivity index (χ0n) is 7.05. The Hall–Kier alpha value is 0.0200. The molecule has 0 aromatic rings. The number of rotatable bonds is 2. The van der Waals surface area contributed by atoms with Crippen LogP contribution in [0.3, 0.4) is 0 Å². The van der Waals surface area contributed by atoms with Crippen LogP contribution < -0.4 is 0 Å². The minimum absolute atomic E-state index is 0.337. The van der Waals surface area contributed by atoms with E-state index in [1.807, 2.05) is 0 Å². The molecule has 2 heteroatoms. The smallest absolute Gasteiger partial charge is 0.136 e. The summed E-state index contributed by atoms with van der Waals surface area (Å²) in [6.45, 7) is 2.16. The van der Waals surface area contributed by atoms with E-state index < -0.39 is 0 Å². The fourth-order valence-electron chi connectivity index (χ4n) is 1.72. The van der Waals surface area contributed by atoms with Crippen molar-refractivity contribution in [2.24, 2.45) is 11.8 Å². The SMILES string of the molecule is CC1CC[C@H](CCS)C(=O)C1. The molecule has 0 aromatic heterocycles. The normalized spacial score (nSPS) is 32.4. The van der Waals surface area contributed by atoms with Gasteiger partial charge in [0.1, 0.15) is 5.78 Å². The van der Waals surface area contributed by atoms with E-state index in [9.17, 15) is 4.79 Å². The average molecular weight is 172 g/mol. The Kier molecular flexibility index (Phi) is 3.44. The Morgan fingerprint density at radius 3 is 2.82 bits per heavy atom. The van der Waals surface area contributed by atoms with Gasteiger partial charge in [0.25, 0.3) is 0 Å². The maximum Gasteiger partial charge on any atom is 0.136 e. The average Bonchev–Trinajstić information content (AvgIpc) is 1.95. The van der Waals surface area contributed by atoms with Crippen molar-refractivity contribution in [3.63, 3.8) is 0 Å². The first-order valence-electron chi connectivity index (χ1n) is 4.37. The largest absolute Gasteiger partial charge is 0.299 e. The molecular formula is C9H16OS. The standard InChI is InChI=1S/C9H16OS/c1-7-2-3-8(4-5-11)9(10)6-7/h7-8,11H,2-6H2,1H3/t7?,8-/m1/s1. The Labute approximate surface area is 74.0 Å². The molecule has 0 heterocycles. The Bertz CT molecular complexity index is 144. The molecule has 0 aliphatic heterocycles. The third kappa shape index (κ3) is 2.51. The summed E-state index contributed by atoms with van der Waals surface area (Å²) >= 11 is 4.14. The van der Waals surface area contributed by atoms with Gasteiger partial charge in [-0.15, -0.1) is 0 Å². The highest BCUT2D eigenvalue weighted by Crippen LogP contribution is 2.27. The van der Waals surface area contributed by atoms with E-state index in [1.54, 1.807) is 0 Å². The maximum absolute atomic E-state index is 11.4. The zero-order chi connectivity index (χ0) is 8.27. The summed E-state index contributed by atoms with van der Waals surface area (Å²) in [4.78, 5) is 11.4. The van der Waals surface area contributed by atoms with Crippen molar-refractivity contribution >= 4 is 18.4 Å². The molecule has 1 aliphatic rings. The third-order valence-electron chi connectivity index (χ3n) is 2.49. The van der Waals surface area contributed by atoms with Crippen LogP contribution in [0.2, 0.25) is 0 Å². The van der Waals surface area contributed by atoms with Crippen molar-refractivity contribution in [2.75, 3.05) is 5.75 Å². The summed E-state index contributed by atoms with van der Waals surface area (Å²) in [5.74, 6) is 2.28. The van der Waals surface area contributed by atoms with Crippen LogP contribution in [0.15, 0.2) is 0 Å². The molecule has 11 heavy (non-hydrogen) atoms. The highest BCUT2D eigenvalue weighted by Gasteiger charge is 2.24. The molecule has 2 atom stereocenters. The molecule has 64 valence electrons. The highest BCUT2D eigenvalue weighted by molar-refractivity contribution is 7.80. The van der Waals surface area contributed by atoms with Gasteiger partial charge in [0.2, 0.25) is 0 Å². The topological polar surface area (TPSA) is 17.1 Å². The summed E-state index contributed by atoms with van der Waals surface area (Å²) in [7, 11) is 0. The second-order valence-electron chi connectivity index (χ2n) is 3.56. The van der Waals surface area contributed by atoms with Crippen molar-refractivity contribution in [1.82, 2.24) is 0 Å². The minimum atomic E-state index is 0.337. The molecule has 1 saturated carbocycles. The number of carbonyl (C=O) groups is 1. The van der Waals surface area contributed by atoms with Crippen LogP contribution in [0.25, 0.3) is 0 Å². The van der Waals surface area contributed by atoms with E-state index in [0.717, 1.165) is 25.0 Å². The first kappa shape index (κ1) is 9.11. The van der Waals surface area contributed by atoms with E-state index in [4.69, 9.17) is 0 Å². The highest BCUT2D eigenvalue weighted by atomic mass is 32.1. The van der Waals surface area contributed by atoms with Crippen LogP contribution in [0.4, 0.5) is 0 Å². The predicted octanol–water partition coefficient (Wildman–Crippen LogP) is 2.31. The molecule has 0 saturated heterocycles. The molecule has 0 spiro atoms. The number of thiol groups is 1. The molecule has 1 rings (SSSR count). The lowest BCUT2D eigenvalue weighted by Crippen LogP contribution is -2.23. The molecule has 0 aromatic carbocycles. The van der Waals surface area contributed by atoms with E-state index in [-0.39, 0.29) is 0 Å². The maximum atomic E-state index is 11.4. The number of carbonyl (C=O) groups excluding carboxylic acids is 1. The van der Waals surface area contributed by atoms with Gasteiger partial charge >= 0.3 is 0 Å². The van der Waals surface area contributed by atoms with Crippen molar-refractivity contribution < 1.29 is 4.79 Å². The number of hydrogen-bond donors (Lipinski definition) is 1. The van der Waals surface area contributed by atoms with E-state index >= 15 is 0 Å². The second-order valence-corrected chi connectivity index (χ2v) is 4.01. The molecule has 0 bridgehead atoms. The zero-order valence-corrected chi connectivity index (χ0v) is 7.94. The van der Waals surface area contributed by atoms with Crippen molar-refractivity contribution in [3.8, 4) is 0 Å². The van der Waals surface area contributed by atoms with Crippen LogP contribution >= 0.6 is 12.6 Å². The second kappa shape index (κ2) is 4.15. The van der Waals surface area contributed by atoms with E-state index in [2.05, 4.69) is 19.6 Å². The van der Waals surface area contributed by atoms with Gasteiger partial charge in [-0.2, -0.15) is 12.6 Å². The Morgan fingerprint density at radius 2 is 2.27 bits per heavy atom. The van der Waals surface area contributed by atoms with Gasteiger partial charge in [0.15, 0.2) is 0 Å². The van der Waals surface area contributed by atoms with Gasteiger partial charge in [-0.3, -0.25) is 4.79 Å². The van der Waals surface area contributed by atoms with Crippen LogP contribution in [0.1, 0.15) is 32.6 Å². The van der Waals surface area contributed by atoms with Crippen LogP contribution in [0.5, 0.6) is 0 Å². The van der Waals surface area contributed by atoms with Gasteiger partial charge in [-0.1, -0.05) is 6.92 Å². The number of hydrogen-bond acceptors (Lipinski definition) is 2. The third-order valence-corrected chi connectivity index (χ3v) is 2.75.